The van der Waals surface area contributed by atoms with E-state index >= 15 is 0 Å². The zero-order chi connectivity index (χ0) is 47.7. The Balaban J connectivity index is 1.14. The summed E-state index contributed by atoms with van der Waals surface area (Å²) >= 11 is 1.86. The molecular formula is C64H49BN2O3S. The highest BCUT2D eigenvalue weighted by Crippen LogP contribution is 2.58. The number of aryl methyl sites for hydroxylation is 2. The average Bonchev–Trinajstić information content (AvgIpc) is 3.96. The Labute approximate surface area is 417 Å². The van der Waals surface area contributed by atoms with Gasteiger partial charge in [-0.05, 0) is 137 Å². The maximum Gasteiger partial charge on any atom is 0.333 e. The van der Waals surface area contributed by atoms with Crippen molar-refractivity contribution in [2.45, 2.75) is 65.2 Å². The number of nitrogens with zero attached hydrogens (tertiary/aromatic N) is 2. The van der Waals surface area contributed by atoms with Crippen molar-refractivity contribution in [3.8, 4) is 45.3 Å². The number of furan rings is 1. The number of hydrogen-bond donors (Lipinski definition) is 0. The SMILES string of the molecule is Cc1ccc(N2B3c4cc5c(cc4N(c4cc6c(cc4C)C(C)(C)CCC6(C)C)c4cc6c(oc7ccccc76)c(c43)-c3c2ccc2sc4ccccc4c32)Oc2ccccc2O5)c(-c2ccccc2)c1. The Morgan fingerprint density at radius 3 is 1.99 bits per heavy atom. The number of hydrogen-bond acceptors (Lipinski definition) is 6. The molecule has 71 heavy (non-hydrogen) atoms. The van der Waals surface area contributed by atoms with Crippen LogP contribution in [0.25, 0.3) is 64.4 Å². The lowest BCUT2D eigenvalue weighted by Crippen LogP contribution is -2.61. The van der Waals surface area contributed by atoms with E-state index in [1.54, 1.807) is 0 Å². The van der Waals surface area contributed by atoms with E-state index in [4.69, 9.17) is 13.9 Å². The van der Waals surface area contributed by atoms with Crippen LogP contribution in [0.1, 0.15) is 62.8 Å². The van der Waals surface area contributed by atoms with Gasteiger partial charge in [-0.1, -0.05) is 124 Å². The molecule has 0 unspecified atom stereocenters. The third-order valence-electron chi connectivity index (χ3n) is 16.3. The Hall–Kier alpha value is -7.74. The van der Waals surface area contributed by atoms with Gasteiger partial charge in [0.25, 0.3) is 0 Å². The monoisotopic (exact) mass is 936 g/mol. The van der Waals surface area contributed by atoms with Gasteiger partial charge in [-0.15, -0.1) is 11.3 Å². The second-order valence-electron chi connectivity index (χ2n) is 21.5. The smallest absolute Gasteiger partial charge is 0.333 e. The molecule has 4 aliphatic rings. The number of benzene rings is 9. The van der Waals surface area contributed by atoms with Gasteiger partial charge < -0.3 is 23.6 Å². The Morgan fingerprint density at radius 1 is 0.521 bits per heavy atom. The van der Waals surface area contributed by atoms with Gasteiger partial charge in [0.05, 0.1) is 0 Å². The van der Waals surface area contributed by atoms with Gasteiger partial charge in [0.2, 0.25) is 0 Å². The molecular weight excluding hydrogens is 888 g/mol. The fraction of sp³-hybridized carbons (Fsp3) is 0.156. The van der Waals surface area contributed by atoms with Gasteiger partial charge in [0, 0.05) is 82.1 Å². The highest BCUT2D eigenvalue weighted by atomic mass is 32.1. The van der Waals surface area contributed by atoms with Crippen LogP contribution in [-0.2, 0) is 10.8 Å². The molecule has 5 heterocycles. The number of para-hydroxylation sites is 3. The molecule has 0 amide bonds. The van der Waals surface area contributed by atoms with Crippen molar-refractivity contribution in [3.63, 3.8) is 0 Å². The molecule has 1 aliphatic carbocycles. The van der Waals surface area contributed by atoms with Crippen molar-refractivity contribution in [3.05, 3.63) is 186 Å². The zero-order valence-corrected chi connectivity index (χ0v) is 41.4. The normalized spacial score (nSPS) is 15.7. The molecule has 0 atom stereocenters. The molecule has 0 N–H and O–H groups in total. The van der Waals surface area contributed by atoms with Crippen LogP contribution in [0.3, 0.4) is 0 Å². The van der Waals surface area contributed by atoms with Crippen LogP contribution in [0.5, 0.6) is 23.0 Å². The largest absolute Gasteiger partial charge is 0.455 e. The van der Waals surface area contributed by atoms with Crippen LogP contribution in [-0.4, -0.2) is 6.85 Å². The minimum Gasteiger partial charge on any atom is -0.455 e. The summed E-state index contributed by atoms with van der Waals surface area (Å²) in [4.78, 5) is 5.22. The van der Waals surface area contributed by atoms with E-state index in [0.29, 0.717) is 23.0 Å². The molecule has 11 aromatic rings. The number of fused-ring (bicyclic) bond motifs is 15. The second kappa shape index (κ2) is 14.4. The van der Waals surface area contributed by atoms with Crippen molar-refractivity contribution in [2.24, 2.45) is 0 Å². The maximum atomic E-state index is 7.30. The maximum absolute atomic E-state index is 7.30. The van der Waals surface area contributed by atoms with Gasteiger partial charge in [-0.3, -0.25) is 0 Å². The van der Waals surface area contributed by atoms with E-state index in [2.05, 4.69) is 191 Å². The van der Waals surface area contributed by atoms with Crippen LogP contribution in [0.4, 0.5) is 28.4 Å². The molecule has 5 nitrogen and oxygen atoms in total. The van der Waals surface area contributed by atoms with Crippen molar-refractivity contribution < 1.29 is 13.9 Å². The summed E-state index contributed by atoms with van der Waals surface area (Å²) in [5, 5.41) is 4.70. The first-order valence-corrected chi connectivity index (χ1v) is 25.8. The standard InChI is InChI=1S/C64H49BN2O3S/c1-36-24-25-46(41(30-36)38-16-8-7-9-17-38)67-47-26-27-57-58(40-19-11-15-23-56(40)71-57)59(47)60-61-50(32-42-39-18-10-12-20-51(39)70-62(42)60)66(48-33-44-43(31-37(48)2)63(3,4)28-29-64(44,5)6)49-35-55-54(34-45(49)65(61)67)68-52-21-13-14-22-53(52)69-55/h7-27,30-35H,28-29H2,1-6H3. The molecule has 0 saturated carbocycles. The molecule has 0 saturated heterocycles. The number of ether oxygens (including phenoxy) is 2. The second-order valence-corrected chi connectivity index (χ2v) is 22.6. The molecule has 0 spiro atoms. The summed E-state index contributed by atoms with van der Waals surface area (Å²) < 4.78 is 23.6. The van der Waals surface area contributed by atoms with Crippen molar-refractivity contribution in [2.75, 3.05) is 9.71 Å². The van der Waals surface area contributed by atoms with Gasteiger partial charge in [0.15, 0.2) is 23.0 Å². The summed E-state index contributed by atoms with van der Waals surface area (Å²) in [6.45, 7) is 13.9. The van der Waals surface area contributed by atoms with Crippen LogP contribution in [0.2, 0.25) is 0 Å². The van der Waals surface area contributed by atoms with E-state index < -0.39 is 0 Å². The molecule has 15 rings (SSSR count). The van der Waals surface area contributed by atoms with Crippen molar-refractivity contribution >= 4 is 99.7 Å². The molecule has 7 heteroatoms. The van der Waals surface area contributed by atoms with Gasteiger partial charge >= 0.3 is 6.85 Å². The zero-order valence-electron chi connectivity index (χ0n) is 40.6. The minimum atomic E-state index is -0.330. The van der Waals surface area contributed by atoms with Crippen molar-refractivity contribution in [1.29, 1.82) is 0 Å². The number of anilines is 5. The predicted molar refractivity (Wildman–Crippen MR) is 297 cm³/mol. The third-order valence-corrected chi connectivity index (χ3v) is 17.5. The Kier molecular flexibility index (Phi) is 8.35. The average molecular weight is 937 g/mol. The lowest BCUT2D eigenvalue weighted by Gasteiger charge is -2.47. The van der Waals surface area contributed by atoms with Crippen LogP contribution in [0, 0.1) is 13.8 Å². The molecule has 0 radical (unpaired) electrons. The molecule has 9 aromatic carbocycles. The summed E-state index contributed by atoms with van der Waals surface area (Å²) in [5.74, 6) is 2.80. The molecule has 342 valence electrons. The van der Waals surface area contributed by atoms with Gasteiger partial charge in [-0.2, -0.15) is 0 Å². The lowest BCUT2D eigenvalue weighted by atomic mass is 9.43. The fourth-order valence-corrected chi connectivity index (χ4v) is 13.8. The van der Waals surface area contributed by atoms with Crippen LogP contribution in [0.15, 0.2) is 168 Å². The van der Waals surface area contributed by atoms with E-state index in [1.165, 1.54) is 64.6 Å². The quantitative estimate of drug-likeness (QED) is 0.165. The summed E-state index contributed by atoms with van der Waals surface area (Å²) in [6, 6.07) is 60.1. The highest BCUT2D eigenvalue weighted by Gasteiger charge is 2.49. The first kappa shape index (κ1) is 41.1. The number of rotatable bonds is 3. The fourth-order valence-electron chi connectivity index (χ4n) is 12.7. The number of thiophene rings is 1. The van der Waals surface area contributed by atoms with Gasteiger partial charge in [0.1, 0.15) is 11.2 Å². The first-order chi connectivity index (χ1) is 34.5. The predicted octanol–water partition coefficient (Wildman–Crippen LogP) is 17.2. The topological polar surface area (TPSA) is 38.1 Å². The molecule has 0 fully saturated rings. The van der Waals surface area contributed by atoms with E-state index in [-0.39, 0.29) is 17.7 Å². The van der Waals surface area contributed by atoms with E-state index in [1.807, 2.05) is 35.6 Å². The van der Waals surface area contributed by atoms with Gasteiger partial charge in [-0.25, -0.2) is 0 Å². The summed E-state index contributed by atoms with van der Waals surface area (Å²) in [6.07, 6.45) is 2.26. The lowest BCUT2D eigenvalue weighted by molar-refractivity contribution is 0.332. The molecule has 3 aliphatic heterocycles. The Morgan fingerprint density at radius 2 is 1.20 bits per heavy atom. The van der Waals surface area contributed by atoms with Crippen LogP contribution < -0.4 is 30.1 Å². The Bertz CT molecular complexity index is 4130. The first-order valence-electron chi connectivity index (χ1n) is 25.0. The summed E-state index contributed by atoms with van der Waals surface area (Å²) in [5.41, 5.74) is 19.7. The van der Waals surface area contributed by atoms with Crippen LogP contribution >= 0.6 is 11.3 Å². The third kappa shape index (κ3) is 5.75. The highest BCUT2D eigenvalue weighted by molar-refractivity contribution is 7.26. The van der Waals surface area contributed by atoms with E-state index in [0.717, 1.165) is 74.2 Å². The van der Waals surface area contributed by atoms with E-state index in [9.17, 15) is 0 Å². The minimum absolute atomic E-state index is 0.0181. The summed E-state index contributed by atoms with van der Waals surface area (Å²) in [7, 11) is 0. The molecule has 0 bridgehead atoms. The molecule has 2 aromatic heterocycles. The van der Waals surface area contributed by atoms with Crippen molar-refractivity contribution in [1.82, 2.24) is 0 Å².